The van der Waals surface area contributed by atoms with E-state index in [-0.39, 0.29) is 18.0 Å². The number of imide groups is 1. The van der Waals surface area contributed by atoms with E-state index in [1.165, 1.54) is 12.2 Å². The van der Waals surface area contributed by atoms with E-state index in [0.717, 1.165) is 4.90 Å². The molecule has 0 N–H and O–H groups in total. The summed E-state index contributed by atoms with van der Waals surface area (Å²) in [5, 5.41) is 0. The van der Waals surface area contributed by atoms with Crippen LogP contribution in [-0.4, -0.2) is 29.5 Å². The van der Waals surface area contributed by atoms with Gasteiger partial charge < -0.3 is 4.74 Å². The average Bonchev–Trinajstić information content (AvgIpc) is 2.64. The van der Waals surface area contributed by atoms with Crippen molar-refractivity contribution in [2.75, 3.05) is 6.61 Å². The van der Waals surface area contributed by atoms with E-state index in [1.807, 2.05) is 0 Å². The molecule has 0 bridgehead atoms. The molecular weight excluding hydrogens is 134 g/mol. The third-order valence-electron chi connectivity index (χ3n) is 1.45. The molecule has 0 aromatic heterocycles. The van der Waals surface area contributed by atoms with Crippen LogP contribution in [-0.2, 0) is 14.3 Å². The lowest BCUT2D eigenvalue weighted by atomic mass is 10.5. The van der Waals surface area contributed by atoms with Gasteiger partial charge in [-0.3, -0.25) is 9.59 Å². The quantitative estimate of drug-likeness (QED) is 0.355. The fraction of sp³-hybridized carbons (Fsp3) is 0.333. The first kappa shape index (κ1) is 5.61. The zero-order chi connectivity index (χ0) is 7.14. The average molecular weight is 139 g/mol. The highest BCUT2D eigenvalue weighted by Gasteiger charge is 2.39. The van der Waals surface area contributed by atoms with E-state index < -0.39 is 0 Å². The van der Waals surface area contributed by atoms with E-state index in [2.05, 4.69) is 0 Å². The Hall–Kier alpha value is -1.16. The van der Waals surface area contributed by atoms with Crippen molar-refractivity contribution in [1.82, 2.24) is 4.90 Å². The molecule has 52 valence electrons. The minimum absolute atomic E-state index is 0.271. The molecule has 1 fully saturated rings. The summed E-state index contributed by atoms with van der Waals surface area (Å²) < 4.78 is 4.78. The van der Waals surface area contributed by atoms with Gasteiger partial charge in [0.25, 0.3) is 11.8 Å². The Labute approximate surface area is 57.1 Å². The summed E-state index contributed by atoms with van der Waals surface area (Å²) in [5.41, 5.74) is 0. The van der Waals surface area contributed by atoms with Crippen molar-refractivity contribution >= 4 is 11.8 Å². The van der Waals surface area contributed by atoms with Gasteiger partial charge in [0.1, 0.15) is 0 Å². The fourth-order valence-electron chi connectivity index (χ4n) is 0.888. The van der Waals surface area contributed by atoms with Crippen molar-refractivity contribution in [2.45, 2.75) is 6.23 Å². The number of nitrogens with zero attached hydrogens (tertiary/aromatic N) is 1. The Morgan fingerprint density at radius 3 is 2.30 bits per heavy atom. The normalized spacial score (nSPS) is 30.0. The van der Waals surface area contributed by atoms with Crippen molar-refractivity contribution in [1.29, 1.82) is 0 Å². The van der Waals surface area contributed by atoms with E-state index in [0.29, 0.717) is 6.61 Å². The van der Waals surface area contributed by atoms with Gasteiger partial charge in [-0.2, -0.15) is 0 Å². The van der Waals surface area contributed by atoms with Crippen LogP contribution in [0.1, 0.15) is 0 Å². The van der Waals surface area contributed by atoms with E-state index in [4.69, 9.17) is 4.74 Å². The summed E-state index contributed by atoms with van der Waals surface area (Å²) in [6.45, 7) is 0.485. The standard InChI is InChI=1S/C6H5NO3/c8-4-1-2-5(9)7(4)6-3-10-6/h1-2,6H,3H2. The van der Waals surface area contributed by atoms with Crippen LogP contribution in [0.3, 0.4) is 0 Å². The summed E-state index contributed by atoms with van der Waals surface area (Å²) in [6, 6.07) is 0. The number of ether oxygens (including phenoxy) is 1. The van der Waals surface area contributed by atoms with Crippen molar-refractivity contribution in [2.24, 2.45) is 0 Å². The van der Waals surface area contributed by atoms with Gasteiger partial charge in [0.2, 0.25) is 0 Å². The van der Waals surface area contributed by atoms with Gasteiger partial charge in [0.05, 0.1) is 6.61 Å². The third kappa shape index (κ3) is 0.657. The molecule has 0 aromatic rings. The van der Waals surface area contributed by atoms with E-state index in [1.54, 1.807) is 0 Å². The van der Waals surface area contributed by atoms with Crippen LogP contribution in [0.25, 0.3) is 0 Å². The van der Waals surface area contributed by atoms with Gasteiger partial charge in [0.15, 0.2) is 6.23 Å². The summed E-state index contributed by atoms with van der Waals surface area (Å²) >= 11 is 0. The second-order valence-corrected chi connectivity index (χ2v) is 2.17. The first-order chi connectivity index (χ1) is 4.79. The molecule has 0 radical (unpaired) electrons. The lowest BCUT2D eigenvalue weighted by Crippen LogP contribution is -2.32. The van der Waals surface area contributed by atoms with Gasteiger partial charge in [-0.1, -0.05) is 0 Å². The topological polar surface area (TPSA) is 49.9 Å². The Morgan fingerprint density at radius 1 is 1.40 bits per heavy atom. The van der Waals surface area contributed by atoms with Crippen LogP contribution in [0, 0.1) is 0 Å². The van der Waals surface area contributed by atoms with Gasteiger partial charge in [-0.05, 0) is 0 Å². The first-order valence-corrected chi connectivity index (χ1v) is 2.96. The maximum Gasteiger partial charge on any atom is 0.255 e. The molecular formula is C6H5NO3. The minimum atomic E-state index is -0.282. The molecule has 1 unspecified atom stereocenters. The molecule has 2 aliphatic heterocycles. The number of epoxide rings is 1. The van der Waals surface area contributed by atoms with Crippen LogP contribution in [0.4, 0.5) is 0 Å². The molecule has 4 nitrogen and oxygen atoms in total. The molecule has 4 heteroatoms. The highest BCUT2D eigenvalue weighted by Crippen LogP contribution is 2.19. The lowest BCUT2D eigenvalue weighted by molar-refractivity contribution is -0.139. The number of amides is 2. The SMILES string of the molecule is O=C1C=CC(=O)N1C1CO1. The van der Waals surface area contributed by atoms with Gasteiger partial charge in [-0.25, -0.2) is 4.90 Å². The molecule has 0 spiro atoms. The van der Waals surface area contributed by atoms with Gasteiger partial charge in [-0.15, -0.1) is 0 Å². The predicted octanol–water partition coefficient (Wildman–Crippen LogP) is -0.732. The fourth-order valence-corrected chi connectivity index (χ4v) is 0.888. The molecule has 2 rings (SSSR count). The van der Waals surface area contributed by atoms with E-state index in [9.17, 15) is 9.59 Å². The largest absolute Gasteiger partial charge is 0.351 e. The highest BCUT2D eigenvalue weighted by atomic mass is 16.6. The highest BCUT2D eigenvalue weighted by molar-refractivity contribution is 6.13. The van der Waals surface area contributed by atoms with Crippen molar-refractivity contribution in [3.8, 4) is 0 Å². The molecule has 1 atom stereocenters. The molecule has 0 aliphatic carbocycles. The number of hydrogen-bond acceptors (Lipinski definition) is 3. The number of rotatable bonds is 1. The van der Waals surface area contributed by atoms with Gasteiger partial charge >= 0.3 is 0 Å². The maximum atomic E-state index is 10.8. The molecule has 2 amide bonds. The van der Waals surface area contributed by atoms with E-state index >= 15 is 0 Å². The zero-order valence-corrected chi connectivity index (χ0v) is 5.11. The van der Waals surface area contributed by atoms with Crippen molar-refractivity contribution < 1.29 is 14.3 Å². The monoisotopic (exact) mass is 139 g/mol. The molecule has 0 saturated carbocycles. The summed E-state index contributed by atoms with van der Waals surface area (Å²) in [6.07, 6.45) is 2.23. The van der Waals surface area contributed by atoms with Crippen LogP contribution < -0.4 is 0 Å². The van der Waals surface area contributed by atoms with Crippen molar-refractivity contribution in [3.05, 3.63) is 12.2 Å². The van der Waals surface area contributed by atoms with Crippen molar-refractivity contribution in [3.63, 3.8) is 0 Å². The number of carbonyl (C=O) groups is 2. The molecule has 0 aromatic carbocycles. The zero-order valence-electron chi connectivity index (χ0n) is 5.11. The molecule has 10 heavy (non-hydrogen) atoms. The second kappa shape index (κ2) is 1.67. The van der Waals surface area contributed by atoms with Crippen LogP contribution in [0.5, 0.6) is 0 Å². The van der Waals surface area contributed by atoms with Crippen LogP contribution in [0.15, 0.2) is 12.2 Å². The maximum absolute atomic E-state index is 10.8. The Bertz CT molecular complexity index is 211. The van der Waals surface area contributed by atoms with Crippen LogP contribution in [0.2, 0.25) is 0 Å². The lowest BCUT2D eigenvalue weighted by Gasteiger charge is -2.07. The molecule has 2 aliphatic rings. The number of hydrogen-bond donors (Lipinski definition) is 0. The summed E-state index contributed by atoms with van der Waals surface area (Å²) in [5.74, 6) is -0.542. The minimum Gasteiger partial charge on any atom is -0.351 e. The summed E-state index contributed by atoms with van der Waals surface area (Å²) in [4.78, 5) is 22.7. The Balaban J connectivity index is 2.20. The van der Waals surface area contributed by atoms with Crippen LogP contribution >= 0.6 is 0 Å². The Morgan fingerprint density at radius 2 is 1.90 bits per heavy atom. The molecule has 1 saturated heterocycles. The third-order valence-corrected chi connectivity index (χ3v) is 1.45. The predicted molar refractivity (Wildman–Crippen MR) is 30.7 cm³/mol. The second-order valence-electron chi connectivity index (χ2n) is 2.17. The number of carbonyl (C=O) groups excluding carboxylic acids is 2. The van der Waals surface area contributed by atoms with Gasteiger partial charge in [0, 0.05) is 12.2 Å². The summed E-state index contributed by atoms with van der Waals surface area (Å²) in [7, 11) is 0. The first-order valence-electron chi connectivity index (χ1n) is 2.96. The molecule has 2 heterocycles. The Kier molecular flexibility index (Phi) is 0.935. The smallest absolute Gasteiger partial charge is 0.255 e.